The Kier molecular flexibility index (Phi) is 9.69. The van der Waals surface area contributed by atoms with Gasteiger partial charge in [0.25, 0.3) is 0 Å². The highest BCUT2D eigenvalue weighted by Crippen LogP contribution is 2.40. The van der Waals surface area contributed by atoms with E-state index in [1.54, 1.807) is 6.20 Å². The second kappa shape index (κ2) is 12.6. The predicted octanol–water partition coefficient (Wildman–Crippen LogP) is 4.11. The summed E-state index contributed by atoms with van der Waals surface area (Å²) in [5.41, 5.74) is 1.23. The Hall–Kier alpha value is -2.56. The van der Waals surface area contributed by atoms with Gasteiger partial charge in [-0.2, -0.15) is 0 Å². The summed E-state index contributed by atoms with van der Waals surface area (Å²) < 4.78 is 11.5. The Bertz CT molecular complexity index is 1150. The minimum absolute atomic E-state index is 0.0188. The molecular formula is C32H51N5O5. The number of Topliss-reactive ketones (excluding diaryl/α,β-unsaturated/α-hetero) is 1. The van der Waals surface area contributed by atoms with E-state index in [-0.39, 0.29) is 53.9 Å². The van der Waals surface area contributed by atoms with E-state index >= 15 is 0 Å². The summed E-state index contributed by atoms with van der Waals surface area (Å²) in [6.07, 6.45) is 2.56. The van der Waals surface area contributed by atoms with Gasteiger partial charge in [-0.1, -0.05) is 20.8 Å². The van der Waals surface area contributed by atoms with Gasteiger partial charge < -0.3 is 19.3 Å². The van der Waals surface area contributed by atoms with Crippen molar-refractivity contribution in [2.75, 3.05) is 50.8 Å². The summed E-state index contributed by atoms with van der Waals surface area (Å²) in [6.45, 7) is 21.9. The normalized spacial score (nSPS) is 26.7. The third-order valence-corrected chi connectivity index (χ3v) is 8.65. The van der Waals surface area contributed by atoms with Crippen molar-refractivity contribution in [2.24, 2.45) is 0 Å². The van der Waals surface area contributed by atoms with E-state index in [9.17, 15) is 14.4 Å². The van der Waals surface area contributed by atoms with Crippen LogP contribution in [0.25, 0.3) is 0 Å². The molecule has 0 radical (unpaired) electrons. The van der Waals surface area contributed by atoms with Crippen molar-refractivity contribution in [3.63, 3.8) is 0 Å². The second-order valence-corrected chi connectivity index (χ2v) is 14.1. The molecule has 0 aromatic carbocycles. The van der Waals surface area contributed by atoms with Crippen molar-refractivity contribution in [3.05, 3.63) is 23.5 Å². The van der Waals surface area contributed by atoms with E-state index in [0.29, 0.717) is 51.4 Å². The number of piperazine rings is 1. The molecule has 10 heteroatoms. The summed E-state index contributed by atoms with van der Waals surface area (Å²) in [5, 5.41) is 0. The first-order valence-corrected chi connectivity index (χ1v) is 15.5. The fraction of sp³-hybridized carbons (Fsp3) is 0.750. The maximum Gasteiger partial charge on any atom is 0.410 e. The zero-order valence-corrected chi connectivity index (χ0v) is 27.1. The van der Waals surface area contributed by atoms with Gasteiger partial charge in [0.2, 0.25) is 5.91 Å². The number of carbonyl (C=O) groups is 3. The largest absolute Gasteiger partial charge is 0.444 e. The molecule has 10 nitrogen and oxygen atoms in total. The first-order chi connectivity index (χ1) is 19.6. The lowest BCUT2D eigenvalue weighted by Gasteiger charge is -2.48. The summed E-state index contributed by atoms with van der Waals surface area (Å²) in [6, 6.07) is 2.14. The van der Waals surface area contributed by atoms with Crippen LogP contribution in [0.5, 0.6) is 0 Å². The summed E-state index contributed by atoms with van der Waals surface area (Å²) >= 11 is 0. The molecule has 42 heavy (non-hydrogen) atoms. The lowest BCUT2D eigenvalue weighted by Crippen LogP contribution is -2.65. The average molecular weight is 586 g/mol. The monoisotopic (exact) mass is 585 g/mol. The van der Waals surface area contributed by atoms with Crippen LogP contribution < -0.4 is 4.90 Å². The van der Waals surface area contributed by atoms with E-state index < -0.39 is 5.60 Å². The molecule has 3 aliphatic rings. The van der Waals surface area contributed by atoms with Crippen molar-refractivity contribution in [1.82, 2.24) is 19.7 Å². The zero-order valence-electron chi connectivity index (χ0n) is 27.1. The molecule has 1 aromatic rings. The molecule has 1 aromatic heterocycles. The van der Waals surface area contributed by atoms with Crippen molar-refractivity contribution < 1.29 is 23.9 Å². The topological polar surface area (TPSA) is 95.5 Å². The molecule has 0 spiro atoms. The highest BCUT2D eigenvalue weighted by atomic mass is 16.6. The van der Waals surface area contributed by atoms with E-state index in [2.05, 4.69) is 42.5 Å². The van der Waals surface area contributed by atoms with Gasteiger partial charge in [-0.05, 0) is 54.0 Å². The third kappa shape index (κ3) is 7.14. The molecule has 0 N–H and O–H groups in total. The van der Waals surface area contributed by atoms with Crippen LogP contribution in [0, 0.1) is 0 Å². The van der Waals surface area contributed by atoms with Crippen LogP contribution in [0.2, 0.25) is 0 Å². The van der Waals surface area contributed by atoms with Gasteiger partial charge in [-0.25, -0.2) is 4.79 Å². The molecule has 0 aliphatic carbocycles. The van der Waals surface area contributed by atoms with Crippen molar-refractivity contribution in [3.8, 4) is 0 Å². The van der Waals surface area contributed by atoms with E-state index in [1.807, 2.05) is 50.5 Å². The van der Waals surface area contributed by atoms with Crippen LogP contribution >= 0.6 is 0 Å². The number of amides is 2. The Balaban J connectivity index is 1.58. The van der Waals surface area contributed by atoms with Crippen molar-refractivity contribution >= 4 is 23.5 Å². The van der Waals surface area contributed by atoms with Gasteiger partial charge in [0.1, 0.15) is 5.60 Å². The lowest BCUT2D eigenvalue weighted by atomic mass is 9.91. The highest BCUT2D eigenvalue weighted by molar-refractivity contribution is 6.01. The van der Waals surface area contributed by atoms with Crippen LogP contribution in [-0.4, -0.2) is 113 Å². The Labute approximate surface area is 251 Å². The first kappa shape index (κ1) is 32.4. The van der Waals surface area contributed by atoms with E-state index in [0.717, 1.165) is 17.8 Å². The summed E-state index contributed by atoms with van der Waals surface area (Å²) in [4.78, 5) is 52.9. The number of hydrogen-bond acceptors (Lipinski definition) is 8. The number of hydrogen-bond donors (Lipinski definition) is 0. The standard InChI is InChI=1S/C32H51N5O5/c1-10-11-27(38)24-12-26-29(33-13-24)32(8,9)20-37(26)28(39)17-34-14-21(2)36(30(40)42-31(5,6)7)16-25(34)15-35-22(3)18-41-19-23(35)4/h12-13,21-23,25H,10-11,14-20H2,1-9H3/t21-,22-,23-,25+/m1/s1. The second-order valence-electron chi connectivity index (χ2n) is 14.1. The Morgan fingerprint density at radius 1 is 1.07 bits per heavy atom. The number of anilines is 1. The van der Waals surface area contributed by atoms with Gasteiger partial charge >= 0.3 is 6.09 Å². The number of nitrogens with zero attached hydrogens (tertiary/aromatic N) is 5. The van der Waals surface area contributed by atoms with Gasteiger partial charge in [-0.15, -0.1) is 0 Å². The Morgan fingerprint density at radius 3 is 2.36 bits per heavy atom. The molecule has 2 saturated heterocycles. The molecule has 234 valence electrons. The van der Waals surface area contributed by atoms with Crippen LogP contribution in [-0.2, 0) is 19.7 Å². The van der Waals surface area contributed by atoms with Gasteiger partial charge in [0, 0.05) is 73.9 Å². The number of morpholine rings is 1. The summed E-state index contributed by atoms with van der Waals surface area (Å²) in [5.74, 6) is 0.0283. The highest BCUT2D eigenvalue weighted by Gasteiger charge is 2.43. The molecule has 0 bridgehead atoms. The third-order valence-electron chi connectivity index (χ3n) is 8.65. The smallest absolute Gasteiger partial charge is 0.410 e. The molecule has 4 atom stereocenters. The van der Waals surface area contributed by atoms with Gasteiger partial charge in [0.15, 0.2) is 5.78 Å². The van der Waals surface area contributed by atoms with Crippen LogP contribution in [0.15, 0.2) is 12.3 Å². The number of aromatic nitrogens is 1. The van der Waals surface area contributed by atoms with Crippen LogP contribution in [0.1, 0.15) is 91.2 Å². The predicted molar refractivity (Wildman–Crippen MR) is 163 cm³/mol. The minimum atomic E-state index is -0.589. The Morgan fingerprint density at radius 2 is 1.74 bits per heavy atom. The zero-order chi connectivity index (χ0) is 31.0. The van der Waals surface area contributed by atoms with E-state index in [4.69, 9.17) is 9.47 Å². The summed E-state index contributed by atoms with van der Waals surface area (Å²) in [7, 11) is 0. The molecule has 2 amide bonds. The number of rotatable bonds is 7. The lowest BCUT2D eigenvalue weighted by molar-refractivity contribution is -0.122. The molecule has 0 unspecified atom stereocenters. The van der Waals surface area contributed by atoms with Crippen LogP contribution in [0.4, 0.5) is 10.5 Å². The number of pyridine rings is 1. The molecule has 2 fully saturated rings. The van der Waals surface area contributed by atoms with Crippen LogP contribution in [0.3, 0.4) is 0 Å². The van der Waals surface area contributed by atoms with Crippen molar-refractivity contribution in [1.29, 1.82) is 0 Å². The number of fused-ring (bicyclic) bond motifs is 1. The molecule has 4 heterocycles. The first-order valence-electron chi connectivity index (χ1n) is 15.5. The SMILES string of the molecule is CCCC(=O)c1cnc2c(c1)N(C(=O)CN1C[C@@H](C)N(C(=O)OC(C)(C)C)C[C@@H]1CN1[C@H](C)COC[C@H]1C)CC2(C)C. The maximum absolute atomic E-state index is 14.1. The fourth-order valence-electron chi connectivity index (χ4n) is 6.43. The number of ether oxygens (including phenoxy) is 2. The average Bonchev–Trinajstić information content (AvgIpc) is 3.16. The number of ketones is 1. The molecule has 0 saturated carbocycles. The van der Waals surface area contributed by atoms with Crippen molar-refractivity contribution in [2.45, 2.75) is 110 Å². The number of carbonyl (C=O) groups excluding carboxylic acids is 3. The molecule has 4 rings (SSSR count). The molecular weight excluding hydrogens is 534 g/mol. The van der Waals surface area contributed by atoms with E-state index in [1.165, 1.54) is 0 Å². The van der Waals surface area contributed by atoms with Gasteiger partial charge in [0.05, 0.1) is 31.1 Å². The maximum atomic E-state index is 14.1. The molecule has 3 aliphatic heterocycles. The van der Waals surface area contributed by atoms with Gasteiger partial charge in [-0.3, -0.25) is 24.4 Å². The fourth-order valence-corrected chi connectivity index (χ4v) is 6.43. The minimum Gasteiger partial charge on any atom is -0.444 e. The quantitative estimate of drug-likeness (QED) is 0.442.